The normalized spacial score (nSPS) is 19.0. The van der Waals surface area contributed by atoms with Gasteiger partial charge in [0, 0.05) is 13.1 Å². The summed E-state index contributed by atoms with van der Waals surface area (Å²) in [5.74, 6) is 0.587. The number of halogens is 2. The van der Waals surface area contributed by atoms with Gasteiger partial charge < -0.3 is 20.1 Å². The summed E-state index contributed by atoms with van der Waals surface area (Å²) in [7, 11) is 0. The molecule has 0 aromatic heterocycles. The number of nitrogens with one attached hydrogen (secondary N) is 2. The maximum absolute atomic E-state index is 12.4. The van der Waals surface area contributed by atoms with E-state index in [1.54, 1.807) is 6.07 Å². The van der Waals surface area contributed by atoms with Gasteiger partial charge in [0.25, 0.3) is 0 Å². The van der Waals surface area contributed by atoms with Crippen LogP contribution in [-0.4, -0.2) is 31.2 Å². The molecule has 2 aromatic rings. The van der Waals surface area contributed by atoms with Crippen molar-refractivity contribution in [1.29, 1.82) is 0 Å². The summed E-state index contributed by atoms with van der Waals surface area (Å²) in [5.41, 5.74) is 2.02. The Morgan fingerprint density at radius 2 is 1.93 bits per heavy atom. The smallest absolute Gasteiger partial charge is 0.240 e. The molecule has 1 saturated heterocycles. The van der Waals surface area contributed by atoms with E-state index in [4.69, 9.17) is 21.1 Å². The summed E-state index contributed by atoms with van der Waals surface area (Å²) in [6, 6.07) is 14.9. The lowest BCUT2D eigenvalue weighted by atomic mass is 10.1. The number of carbonyl (C=O) groups excluding carboxylic acids is 1. The zero-order valence-corrected chi connectivity index (χ0v) is 16.7. The van der Waals surface area contributed by atoms with Gasteiger partial charge in [-0.3, -0.25) is 4.79 Å². The van der Waals surface area contributed by atoms with Gasteiger partial charge in [-0.05, 0) is 30.2 Å². The van der Waals surface area contributed by atoms with E-state index in [9.17, 15) is 4.79 Å². The molecule has 7 heteroatoms. The molecule has 3 rings (SSSR count). The summed E-state index contributed by atoms with van der Waals surface area (Å²) >= 11 is 6.13. The Bertz CT molecular complexity index is 758. The van der Waals surface area contributed by atoms with Gasteiger partial charge in [0.1, 0.15) is 18.4 Å². The topological polar surface area (TPSA) is 59.6 Å². The second-order valence-electron chi connectivity index (χ2n) is 6.21. The highest BCUT2D eigenvalue weighted by atomic mass is 35.5. The summed E-state index contributed by atoms with van der Waals surface area (Å²) in [6.45, 7) is 4.04. The highest BCUT2D eigenvalue weighted by Crippen LogP contribution is 2.24. The molecule has 5 nitrogen and oxygen atoms in total. The molecule has 27 heavy (non-hydrogen) atoms. The molecule has 0 unspecified atom stereocenters. The van der Waals surface area contributed by atoms with Crippen molar-refractivity contribution in [2.45, 2.75) is 32.2 Å². The summed E-state index contributed by atoms with van der Waals surface area (Å²) in [4.78, 5) is 12.4. The van der Waals surface area contributed by atoms with Gasteiger partial charge in [-0.15, -0.1) is 12.4 Å². The Hall–Kier alpha value is -1.79. The van der Waals surface area contributed by atoms with Gasteiger partial charge in [0.15, 0.2) is 0 Å². The van der Waals surface area contributed by atoms with Crippen LogP contribution in [0.15, 0.2) is 48.5 Å². The zero-order valence-electron chi connectivity index (χ0n) is 15.1. The first-order valence-corrected chi connectivity index (χ1v) is 9.10. The minimum absolute atomic E-state index is 0. The quantitative estimate of drug-likeness (QED) is 0.766. The molecule has 1 heterocycles. The Kier molecular flexibility index (Phi) is 8.38. The third-order valence-corrected chi connectivity index (χ3v) is 4.70. The summed E-state index contributed by atoms with van der Waals surface area (Å²) < 4.78 is 11.4. The second kappa shape index (κ2) is 10.5. The van der Waals surface area contributed by atoms with Crippen LogP contribution >= 0.6 is 24.0 Å². The van der Waals surface area contributed by atoms with E-state index in [0.717, 1.165) is 11.1 Å². The van der Waals surface area contributed by atoms with Gasteiger partial charge >= 0.3 is 0 Å². The third kappa shape index (κ3) is 5.84. The van der Waals surface area contributed by atoms with Crippen molar-refractivity contribution in [2.24, 2.45) is 0 Å². The highest BCUT2D eigenvalue weighted by Gasteiger charge is 2.28. The minimum atomic E-state index is -0.324. The van der Waals surface area contributed by atoms with Crippen LogP contribution in [0.5, 0.6) is 5.75 Å². The second-order valence-corrected chi connectivity index (χ2v) is 6.62. The molecular weight excluding hydrogens is 387 g/mol. The molecule has 1 aliphatic heterocycles. The van der Waals surface area contributed by atoms with Crippen LogP contribution in [0, 0.1) is 0 Å². The average molecular weight is 411 g/mol. The zero-order chi connectivity index (χ0) is 18.4. The van der Waals surface area contributed by atoms with E-state index in [1.165, 1.54) is 0 Å². The maximum Gasteiger partial charge on any atom is 0.240 e. The number of ether oxygens (including phenoxy) is 2. The Labute approximate surface area is 170 Å². The minimum Gasteiger partial charge on any atom is -0.487 e. The number of amides is 1. The van der Waals surface area contributed by atoms with Crippen LogP contribution in [-0.2, 0) is 22.7 Å². The van der Waals surface area contributed by atoms with Crippen molar-refractivity contribution in [3.8, 4) is 5.75 Å². The standard InChI is InChI=1S/C20H23ClN2O3.ClH/c1-14-19(22-10-11-25-14)20(24)23-12-15-6-2-3-7-16(15)13-26-18-9-5-4-8-17(18)21;/h2-9,14,19,22H,10-13H2,1H3,(H,23,24);1H/t14-,19+;/m1./s1. The number of rotatable bonds is 6. The van der Waals surface area contributed by atoms with Crippen LogP contribution < -0.4 is 15.4 Å². The van der Waals surface area contributed by atoms with Crippen molar-refractivity contribution < 1.29 is 14.3 Å². The summed E-state index contributed by atoms with van der Waals surface area (Å²) in [5, 5.41) is 6.76. The van der Waals surface area contributed by atoms with Crippen molar-refractivity contribution >= 4 is 29.9 Å². The molecule has 146 valence electrons. The Morgan fingerprint density at radius 1 is 1.22 bits per heavy atom. The van der Waals surface area contributed by atoms with Crippen molar-refractivity contribution in [3.63, 3.8) is 0 Å². The molecule has 0 radical (unpaired) electrons. The Balaban J connectivity index is 0.00000261. The molecule has 0 bridgehead atoms. The number of benzene rings is 2. The van der Waals surface area contributed by atoms with Crippen molar-refractivity contribution in [1.82, 2.24) is 10.6 Å². The summed E-state index contributed by atoms with van der Waals surface area (Å²) in [6.07, 6.45) is -0.137. The predicted molar refractivity (Wildman–Crippen MR) is 109 cm³/mol. The first kappa shape index (κ1) is 21.5. The van der Waals surface area contributed by atoms with E-state index in [-0.39, 0.29) is 30.5 Å². The SMILES string of the molecule is C[C@H]1OCCN[C@@H]1C(=O)NCc1ccccc1COc1ccccc1Cl.Cl. The lowest BCUT2D eigenvalue weighted by molar-refractivity contribution is -0.129. The van der Waals surface area contributed by atoms with E-state index >= 15 is 0 Å². The average Bonchev–Trinajstić information content (AvgIpc) is 2.66. The predicted octanol–water partition coefficient (Wildman–Crippen LogP) is 3.33. The fraction of sp³-hybridized carbons (Fsp3) is 0.350. The van der Waals surface area contributed by atoms with Crippen LogP contribution in [0.1, 0.15) is 18.1 Å². The molecule has 1 fully saturated rings. The molecular formula is C20H24Cl2N2O3. The Morgan fingerprint density at radius 3 is 2.67 bits per heavy atom. The molecule has 0 saturated carbocycles. The number of carbonyl (C=O) groups is 1. The molecule has 0 aliphatic carbocycles. The van der Waals surface area contributed by atoms with Crippen LogP contribution in [0.4, 0.5) is 0 Å². The van der Waals surface area contributed by atoms with E-state index in [2.05, 4.69) is 10.6 Å². The number of hydrogen-bond donors (Lipinski definition) is 2. The molecule has 0 spiro atoms. The number of para-hydroxylation sites is 1. The lowest BCUT2D eigenvalue weighted by Gasteiger charge is -2.29. The van der Waals surface area contributed by atoms with Gasteiger partial charge in [-0.1, -0.05) is 48.0 Å². The fourth-order valence-corrected chi connectivity index (χ4v) is 3.10. The maximum atomic E-state index is 12.4. The fourth-order valence-electron chi connectivity index (χ4n) is 2.91. The van der Waals surface area contributed by atoms with Gasteiger partial charge in [0.05, 0.1) is 17.7 Å². The first-order chi connectivity index (χ1) is 12.6. The van der Waals surface area contributed by atoms with E-state index in [1.807, 2.05) is 49.4 Å². The molecule has 2 atom stereocenters. The molecule has 1 amide bonds. The van der Waals surface area contributed by atoms with Crippen molar-refractivity contribution in [2.75, 3.05) is 13.2 Å². The van der Waals surface area contributed by atoms with Crippen LogP contribution in [0.2, 0.25) is 5.02 Å². The van der Waals surface area contributed by atoms with Crippen LogP contribution in [0.25, 0.3) is 0 Å². The van der Waals surface area contributed by atoms with Crippen molar-refractivity contribution in [3.05, 3.63) is 64.7 Å². The largest absolute Gasteiger partial charge is 0.487 e. The third-order valence-electron chi connectivity index (χ3n) is 4.39. The number of hydrogen-bond acceptors (Lipinski definition) is 4. The van der Waals surface area contributed by atoms with E-state index < -0.39 is 0 Å². The molecule has 2 N–H and O–H groups in total. The van der Waals surface area contributed by atoms with Gasteiger partial charge in [-0.25, -0.2) is 0 Å². The van der Waals surface area contributed by atoms with E-state index in [0.29, 0.717) is 37.1 Å². The van der Waals surface area contributed by atoms with Gasteiger partial charge in [0.2, 0.25) is 5.91 Å². The molecule has 1 aliphatic rings. The number of morpholine rings is 1. The highest BCUT2D eigenvalue weighted by molar-refractivity contribution is 6.32. The first-order valence-electron chi connectivity index (χ1n) is 8.72. The molecule has 2 aromatic carbocycles. The van der Waals surface area contributed by atoms with Gasteiger partial charge in [-0.2, -0.15) is 0 Å². The van der Waals surface area contributed by atoms with Crippen LogP contribution in [0.3, 0.4) is 0 Å². The monoisotopic (exact) mass is 410 g/mol. The lowest BCUT2D eigenvalue weighted by Crippen LogP contribution is -2.55.